The Balaban J connectivity index is 2.07. The number of hydrogen-bond acceptors (Lipinski definition) is 3. The van der Waals surface area contributed by atoms with Gasteiger partial charge in [0.2, 0.25) is 0 Å². The van der Waals surface area contributed by atoms with Gasteiger partial charge in [-0.1, -0.05) is 47.5 Å². The molecule has 0 fully saturated rings. The molecule has 5 heteroatoms. The molecule has 0 aliphatic carbocycles. The summed E-state index contributed by atoms with van der Waals surface area (Å²) in [5.41, 5.74) is 8.08. The Bertz CT molecular complexity index is 570. The molecular formula is C14H13Cl2NO2. The zero-order valence-corrected chi connectivity index (χ0v) is 11.6. The van der Waals surface area contributed by atoms with E-state index in [1.165, 1.54) is 0 Å². The predicted octanol–water partition coefficient (Wildman–Crippen LogP) is 3.65. The normalized spacial score (nSPS) is 10.5. The lowest BCUT2D eigenvalue weighted by atomic mass is 10.1. The van der Waals surface area contributed by atoms with Gasteiger partial charge in [0, 0.05) is 6.07 Å². The summed E-state index contributed by atoms with van der Waals surface area (Å²) >= 11 is 11.8. The summed E-state index contributed by atoms with van der Waals surface area (Å²) in [5, 5.41) is 9.76. The monoisotopic (exact) mass is 297 g/mol. The van der Waals surface area contributed by atoms with Gasteiger partial charge in [0.05, 0.1) is 22.3 Å². The molecule has 2 aromatic carbocycles. The van der Waals surface area contributed by atoms with Gasteiger partial charge in [-0.15, -0.1) is 0 Å². The van der Waals surface area contributed by atoms with Crippen LogP contribution in [0.5, 0.6) is 5.75 Å². The summed E-state index contributed by atoms with van der Waals surface area (Å²) in [6.45, 7) is 0.398. The van der Waals surface area contributed by atoms with Crippen LogP contribution in [0.4, 0.5) is 5.69 Å². The number of halogens is 2. The number of ether oxygens (including phenoxy) is 1. The molecule has 0 aliphatic rings. The smallest absolute Gasteiger partial charge is 0.144 e. The van der Waals surface area contributed by atoms with E-state index in [1.807, 2.05) is 24.3 Å². The third-order valence-electron chi connectivity index (χ3n) is 2.65. The van der Waals surface area contributed by atoms with Gasteiger partial charge in [0.25, 0.3) is 0 Å². The number of rotatable bonds is 4. The highest BCUT2D eigenvalue weighted by atomic mass is 35.5. The van der Waals surface area contributed by atoms with Gasteiger partial charge in [-0.2, -0.15) is 0 Å². The van der Waals surface area contributed by atoms with Crippen molar-refractivity contribution in [3.8, 4) is 5.75 Å². The average Bonchev–Trinajstić information content (AvgIpc) is 2.42. The first-order valence-corrected chi connectivity index (χ1v) is 6.41. The highest BCUT2D eigenvalue weighted by molar-refractivity contribution is 6.42. The van der Waals surface area contributed by atoms with Crippen molar-refractivity contribution in [3.05, 3.63) is 57.6 Å². The van der Waals surface area contributed by atoms with Crippen molar-refractivity contribution in [2.75, 3.05) is 5.73 Å². The minimum atomic E-state index is 0.0286. The summed E-state index contributed by atoms with van der Waals surface area (Å²) < 4.78 is 5.60. The van der Waals surface area contributed by atoms with E-state index in [2.05, 4.69) is 0 Å². The molecule has 0 spiro atoms. The maximum Gasteiger partial charge on any atom is 0.144 e. The molecule has 0 aromatic heterocycles. The summed E-state index contributed by atoms with van der Waals surface area (Å²) in [6.07, 6.45) is 0. The van der Waals surface area contributed by atoms with Crippen LogP contribution in [0.1, 0.15) is 11.1 Å². The maximum absolute atomic E-state index is 8.95. The lowest BCUT2D eigenvalue weighted by Crippen LogP contribution is -1.99. The molecule has 3 N–H and O–H groups in total. The molecule has 0 saturated carbocycles. The van der Waals surface area contributed by atoms with Crippen LogP contribution in [0.2, 0.25) is 10.0 Å². The van der Waals surface area contributed by atoms with E-state index in [4.69, 9.17) is 38.8 Å². The summed E-state index contributed by atoms with van der Waals surface area (Å²) in [4.78, 5) is 0. The van der Waals surface area contributed by atoms with Gasteiger partial charge in [0.15, 0.2) is 0 Å². The molecule has 0 radical (unpaired) electrons. The van der Waals surface area contributed by atoms with E-state index in [0.29, 0.717) is 28.1 Å². The van der Waals surface area contributed by atoms with Gasteiger partial charge in [0.1, 0.15) is 12.4 Å². The summed E-state index contributed by atoms with van der Waals surface area (Å²) in [5.74, 6) is 0.501. The number of nitrogen functional groups attached to an aromatic ring is 1. The first-order valence-electron chi connectivity index (χ1n) is 5.66. The molecule has 3 nitrogen and oxygen atoms in total. The number of nitrogens with two attached hydrogens (primary N) is 1. The molecular weight excluding hydrogens is 285 g/mol. The second-order valence-electron chi connectivity index (χ2n) is 4.07. The van der Waals surface area contributed by atoms with Crippen molar-refractivity contribution in [3.63, 3.8) is 0 Å². The van der Waals surface area contributed by atoms with E-state index in [1.54, 1.807) is 12.1 Å². The predicted molar refractivity (Wildman–Crippen MR) is 77.6 cm³/mol. The van der Waals surface area contributed by atoms with E-state index in [0.717, 1.165) is 11.1 Å². The molecule has 0 aliphatic heterocycles. The zero-order valence-electron chi connectivity index (χ0n) is 10.1. The highest BCUT2D eigenvalue weighted by Crippen LogP contribution is 2.32. The van der Waals surface area contributed by atoms with Crippen LogP contribution in [0.3, 0.4) is 0 Å². The minimum absolute atomic E-state index is 0.0286. The number of hydrogen-bond donors (Lipinski definition) is 2. The quantitative estimate of drug-likeness (QED) is 0.847. The van der Waals surface area contributed by atoms with Crippen LogP contribution in [0.25, 0.3) is 0 Å². The van der Waals surface area contributed by atoms with Gasteiger partial charge < -0.3 is 15.6 Å². The lowest BCUT2D eigenvalue weighted by molar-refractivity contribution is 0.281. The number of aliphatic hydroxyl groups excluding tert-OH is 1. The standard InChI is InChI=1S/C14H13Cl2NO2/c15-11-5-13(17)14(6-12(11)16)19-8-10-3-1-9(7-18)2-4-10/h1-6,18H,7-8,17H2. The van der Waals surface area contributed by atoms with Crippen molar-refractivity contribution in [2.24, 2.45) is 0 Å². The Hall–Kier alpha value is -1.42. The van der Waals surface area contributed by atoms with Crippen molar-refractivity contribution < 1.29 is 9.84 Å². The fraction of sp³-hybridized carbons (Fsp3) is 0.143. The van der Waals surface area contributed by atoms with E-state index in [9.17, 15) is 0 Å². The second-order valence-corrected chi connectivity index (χ2v) is 4.88. The Morgan fingerprint density at radius 2 is 1.58 bits per heavy atom. The van der Waals surface area contributed by atoms with Crippen molar-refractivity contribution >= 4 is 28.9 Å². The Morgan fingerprint density at radius 3 is 2.21 bits per heavy atom. The van der Waals surface area contributed by atoms with E-state index >= 15 is 0 Å². The zero-order chi connectivity index (χ0) is 13.8. The fourth-order valence-corrected chi connectivity index (χ4v) is 1.90. The molecule has 19 heavy (non-hydrogen) atoms. The van der Waals surface area contributed by atoms with Crippen molar-refractivity contribution in [1.29, 1.82) is 0 Å². The maximum atomic E-state index is 8.95. The molecule has 0 heterocycles. The molecule has 2 aromatic rings. The Morgan fingerprint density at radius 1 is 1.00 bits per heavy atom. The second kappa shape index (κ2) is 6.15. The van der Waals surface area contributed by atoms with Crippen LogP contribution in [0.15, 0.2) is 36.4 Å². The van der Waals surface area contributed by atoms with Crippen molar-refractivity contribution in [2.45, 2.75) is 13.2 Å². The SMILES string of the molecule is Nc1cc(Cl)c(Cl)cc1OCc1ccc(CO)cc1. The van der Waals surface area contributed by atoms with Gasteiger partial charge in [-0.3, -0.25) is 0 Å². The van der Waals surface area contributed by atoms with Crippen LogP contribution in [-0.2, 0) is 13.2 Å². The van der Waals surface area contributed by atoms with E-state index in [-0.39, 0.29) is 6.61 Å². The Labute approximate surface area is 121 Å². The first-order chi connectivity index (χ1) is 9.10. The summed E-state index contributed by atoms with van der Waals surface area (Å²) in [6, 6.07) is 10.6. The number of aliphatic hydroxyl groups is 1. The molecule has 0 bridgehead atoms. The Kier molecular flexibility index (Phi) is 4.53. The van der Waals surface area contributed by atoms with Crippen LogP contribution < -0.4 is 10.5 Å². The molecule has 2 rings (SSSR count). The summed E-state index contributed by atoms with van der Waals surface area (Å²) in [7, 11) is 0. The molecule has 0 unspecified atom stereocenters. The lowest BCUT2D eigenvalue weighted by Gasteiger charge is -2.10. The number of anilines is 1. The number of benzene rings is 2. The largest absolute Gasteiger partial charge is 0.487 e. The molecule has 0 amide bonds. The first kappa shape index (κ1) is 14.0. The molecule has 0 saturated heterocycles. The fourth-order valence-electron chi connectivity index (χ4n) is 1.57. The van der Waals surface area contributed by atoms with Gasteiger partial charge >= 0.3 is 0 Å². The highest BCUT2D eigenvalue weighted by Gasteiger charge is 2.06. The topological polar surface area (TPSA) is 55.5 Å². The molecule has 100 valence electrons. The van der Waals surface area contributed by atoms with Gasteiger partial charge in [-0.05, 0) is 17.2 Å². The minimum Gasteiger partial charge on any atom is -0.487 e. The van der Waals surface area contributed by atoms with Crippen LogP contribution >= 0.6 is 23.2 Å². The third kappa shape index (κ3) is 3.53. The molecule has 0 atom stereocenters. The van der Waals surface area contributed by atoms with Crippen LogP contribution in [-0.4, -0.2) is 5.11 Å². The van der Waals surface area contributed by atoms with Gasteiger partial charge in [-0.25, -0.2) is 0 Å². The third-order valence-corrected chi connectivity index (χ3v) is 3.37. The average molecular weight is 298 g/mol. The van der Waals surface area contributed by atoms with Crippen LogP contribution in [0, 0.1) is 0 Å². The van der Waals surface area contributed by atoms with E-state index < -0.39 is 0 Å². The van der Waals surface area contributed by atoms with Crippen molar-refractivity contribution in [1.82, 2.24) is 0 Å².